The van der Waals surface area contributed by atoms with Crippen LogP contribution in [0.2, 0.25) is 0 Å². The first kappa shape index (κ1) is 21.6. The van der Waals surface area contributed by atoms with Crippen molar-refractivity contribution in [3.8, 4) is 0 Å². The molecule has 0 unspecified atom stereocenters. The zero-order valence-corrected chi connectivity index (χ0v) is 19.5. The lowest BCUT2D eigenvalue weighted by Crippen LogP contribution is -2.42. The third kappa shape index (κ3) is 3.53. The molecule has 2 saturated carbocycles. The van der Waals surface area contributed by atoms with Crippen molar-refractivity contribution in [2.75, 3.05) is 19.1 Å². The Morgan fingerprint density at radius 2 is 1.97 bits per heavy atom. The van der Waals surface area contributed by atoms with E-state index in [0.29, 0.717) is 35.0 Å². The number of benzene rings is 1. The maximum Gasteiger partial charge on any atom is 0.346 e. The highest BCUT2D eigenvalue weighted by molar-refractivity contribution is 8.02. The van der Waals surface area contributed by atoms with Gasteiger partial charge in [-0.2, -0.15) is 0 Å². The molecule has 0 N–H and O–H groups in total. The third-order valence-electron chi connectivity index (χ3n) is 7.81. The quantitative estimate of drug-likeness (QED) is 0.409. The van der Waals surface area contributed by atoms with Crippen LogP contribution in [0.25, 0.3) is 0 Å². The fourth-order valence-electron chi connectivity index (χ4n) is 6.36. The van der Waals surface area contributed by atoms with Gasteiger partial charge in [0.2, 0.25) is 0 Å². The molecule has 0 aliphatic heterocycles. The fourth-order valence-corrected chi connectivity index (χ4v) is 7.51. The summed E-state index contributed by atoms with van der Waals surface area (Å²) in [5, 5.41) is 0. The Morgan fingerprint density at radius 1 is 1.20 bits per heavy atom. The summed E-state index contributed by atoms with van der Waals surface area (Å²) in [6.45, 7) is 4.49. The largest absolute Gasteiger partial charge is 0.462 e. The number of fused-ring (bicyclic) bond motifs is 5. The van der Waals surface area contributed by atoms with Gasteiger partial charge in [-0.1, -0.05) is 32.0 Å². The average molecular weight is 431 g/mol. The minimum atomic E-state index is -2.47. The van der Waals surface area contributed by atoms with Gasteiger partial charge in [-0.15, -0.1) is 0 Å². The van der Waals surface area contributed by atoms with Crippen LogP contribution in [0.15, 0.2) is 18.2 Å². The first-order chi connectivity index (χ1) is 14.2. The number of hydrogen-bond donors (Lipinski definition) is 0. The Bertz CT molecular complexity index is 992. The second-order valence-corrected chi connectivity index (χ2v) is 12.8. The second-order valence-electron chi connectivity index (χ2n) is 9.95. The smallest absolute Gasteiger partial charge is 0.346 e. The first-order valence-corrected chi connectivity index (χ1v) is 13.7. The summed E-state index contributed by atoms with van der Waals surface area (Å²) in [4.78, 5) is 25.5. The SMILES string of the molecule is CCCOC(=O)C(c1ccc2c(c1)CC[C@@H]1[C@H]3CCC(=O)[C@]3(C)CC[C@@H]21)=S(C)(C)=O. The molecule has 5 heteroatoms. The van der Waals surface area contributed by atoms with Crippen molar-refractivity contribution in [2.45, 2.75) is 64.7 Å². The minimum absolute atomic E-state index is 0.113. The summed E-state index contributed by atoms with van der Waals surface area (Å²) in [7, 11) is -2.47. The maximum atomic E-state index is 12.9. The van der Waals surface area contributed by atoms with Crippen LogP contribution in [0.4, 0.5) is 0 Å². The lowest BCUT2D eigenvalue weighted by Gasteiger charge is -2.48. The highest BCUT2D eigenvalue weighted by atomic mass is 32.2. The molecule has 0 radical (unpaired) electrons. The molecule has 0 heterocycles. The number of hydrogen-bond acceptors (Lipinski definition) is 4. The molecule has 0 saturated heterocycles. The zero-order valence-electron chi connectivity index (χ0n) is 18.7. The molecule has 0 aromatic heterocycles. The number of ketones is 1. The number of carbonyl (C=O) groups is 2. The van der Waals surface area contributed by atoms with Crippen LogP contribution >= 0.6 is 0 Å². The van der Waals surface area contributed by atoms with Crippen LogP contribution in [-0.2, 0) is 30.3 Å². The lowest BCUT2D eigenvalue weighted by atomic mass is 9.55. The van der Waals surface area contributed by atoms with E-state index in [1.54, 1.807) is 12.5 Å². The summed E-state index contributed by atoms with van der Waals surface area (Å²) in [6.07, 6.45) is 9.85. The topological polar surface area (TPSA) is 60.4 Å². The number of esters is 1. The van der Waals surface area contributed by atoms with Gasteiger partial charge in [-0.25, -0.2) is 4.79 Å². The fraction of sp³-hybridized carbons (Fsp3) is 0.640. The van der Waals surface area contributed by atoms with Gasteiger partial charge in [0, 0.05) is 24.3 Å². The number of rotatable bonds is 4. The lowest BCUT2D eigenvalue weighted by molar-refractivity contribution is -0.135. The molecule has 0 amide bonds. The van der Waals surface area contributed by atoms with E-state index in [-0.39, 0.29) is 5.41 Å². The van der Waals surface area contributed by atoms with Crippen LogP contribution in [0.3, 0.4) is 0 Å². The van der Waals surface area contributed by atoms with Gasteiger partial charge < -0.3 is 4.74 Å². The first-order valence-electron chi connectivity index (χ1n) is 11.3. The number of aryl methyl sites for hydroxylation is 1. The van der Waals surface area contributed by atoms with Crippen molar-refractivity contribution in [1.82, 2.24) is 0 Å². The van der Waals surface area contributed by atoms with Gasteiger partial charge in [-0.3, -0.25) is 9.00 Å². The van der Waals surface area contributed by atoms with E-state index in [1.165, 1.54) is 11.1 Å². The van der Waals surface area contributed by atoms with Gasteiger partial charge in [0.1, 0.15) is 10.6 Å². The van der Waals surface area contributed by atoms with Crippen LogP contribution in [-0.4, -0.2) is 39.9 Å². The van der Waals surface area contributed by atoms with Gasteiger partial charge in [0.25, 0.3) is 0 Å². The molecule has 2 fully saturated rings. The molecule has 4 atom stereocenters. The van der Waals surface area contributed by atoms with Crippen LogP contribution < -0.4 is 0 Å². The Balaban J connectivity index is 1.67. The monoisotopic (exact) mass is 430 g/mol. The molecule has 30 heavy (non-hydrogen) atoms. The van der Waals surface area contributed by atoms with Crippen LogP contribution in [0.1, 0.15) is 75.0 Å². The van der Waals surface area contributed by atoms with Crippen molar-refractivity contribution < 1.29 is 18.5 Å². The molecular weight excluding hydrogens is 396 g/mol. The summed E-state index contributed by atoms with van der Waals surface area (Å²) >= 11 is 0. The van der Waals surface area contributed by atoms with Gasteiger partial charge in [-0.05, 0) is 82.5 Å². The van der Waals surface area contributed by atoms with Crippen molar-refractivity contribution in [2.24, 2.45) is 17.3 Å². The van der Waals surface area contributed by atoms with E-state index in [2.05, 4.69) is 19.1 Å². The van der Waals surface area contributed by atoms with E-state index < -0.39 is 15.5 Å². The van der Waals surface area contributed by atoms with Crippen molar-refractivity contribution in [3.05, 3.63) is 34.9 Å². The van der Waals surface area contributed by atoms with E-state index in [1.807, 2.05) is 13.0 Å². The Kier molecular flexibility index (Phi) is 5.63. The third-order valence-corrected chi connectivity index (χ3v) is 9.20. The average Bonchev–Trinajstić information content (AvgIpc) is 3.00. The van der Waals surface area contributed by atoms with E-state index in [4.69, 9.17) is 4.74 Å². The van der Waals surface area contributed by atoms with Gasteiger partial charge in [0.05, 0.1) is 6.61 Å². The van der Waals surface area contributed by atoms with Crippen molar-refractivity contribution in [3.63, 3.8) is 0 Å². The number of Topliss-reactive ketones (excluding diaryl/α,β-unsaturated/α-hetero) is 1. The van der Waals surface area contributed by atoms with Gasteiger partial charge in [0.15, 0.2) is 0 Å². The van der Waals surface area contributed by atoms with Crippen molar-refractivity contribution >= 4 is 26.1 Å². The Hall–Kier alpha value is -1.62. The van der Waals surface area contributed by atoms with E-state index in [9.17, 15) is 13.8 Å². The number of ether oxygens (including phenoxy) is 1. The van der Waals surface area contributed by atoms with Crippen molar-refractivity contribution in [1.29, 1.82) is 0 Å². The second kappa shape index (κ2) is 7.81. The summed E-state index contributed by atoms with van der Waals surface area (Å²) in [6, 6.07) is 6.19. The van der Waals surface area contributed by atoms with Crippen LogP contribution in [0.5, 0.6) is 0 Å². The molecule has 0 spiro atoms. The molecule has 3 aliphatic rings. The number of carbonyl (C=O) groups excluding carboxylic acids is 2. The molecule has 164 valence electrons. The Labute approximate surface area is 180 Å². The summed E-state index contributed by atoms with van der Waals surface area (Å²) < 4.78 is 18.3. The molecule has 4 nitrogen and oxygen atoms in total. The molecule has 1 aromatic carbocycles. The Morgan fingerprint density at radius 3 is 2.67 bits per heavy atom. The van der Waals surface area contributed by atoms with Crippen LogP contribution in [0, 0.1) is 17.3 Å². The molecule has 3 aliphatic carbocycles. The zero-order chi connectivity index (χ0) is 21.7. The normalized spacial score (nSPS) is 30.3. The molecule has 1 aromatic rings. The molecule has 4 rings (SSSR count). The predicted octanol–water partition coefficient (Wildman–Crippen LogP) is 4.13. The molecular formula is C25H34O4S. The standard InChI is InChI=1S/C25H34O4S/c1-5-14-29-24(27)23(30(3,4)28)17-7-8-18-16(15-17)6-9-20-19(18)12-13-25(2)21(20)10-11-22(25)26/h7-8,15,19-21H,5-6,9-14H2,1-4H3/t19-,20-,21+,25+/m0/s1. The molecule has 0 bridgehead atoms. The van der Waals surface area contributed by atoms with Gasteiger partial charge >= 0.3 is 5.97 Å². The maximum absolute atomic E-state index is 12.9. The minimum Gasteiger partial charge on any atom is -0.462 e. The van der Waals surface area contributed by atoms with E-state index in [0.717, 1.165) is 50.5 Å². The highest BCUT2D eigenvalue weighted by Crippen LogP contribution is 2.59. The van der Waals surface area contributed by atoms with E-state index >= 15 is 0 Å². The summed E-state index contributed by atoms with van der Waals surface area (Å²) in [5.41, 5.74) is 3.26. The predicted molar refractivity (Wildman–Crippen MR) is 121 cm³/mol. The summed E-state index contributed by atoms with van der Waals surface area (Å²) in [5.74, 6) is 1.59. The highest BCUT2D eigenvalue weighted by Gasteiger charge is 2.54.